The third-order valence-corrected chi connectivity index (χ3v) is 5.91. The van der Waals surface area contributed by atoms with Gasteiger partial charge in [0, 0.05) is 31.4 Å². The van der Waals surface area contributed by atoms with Gasteiger partial charge in [-0.15, -0.1) is 0 Å². The summed E-state index contributed by atoms with van der Waals surface area (Å²) in [5.41, 5.74) is 4.26. The molecule has 168 valence electrons. The number of fused-ring (bicyclic) bond motifs is 1. The van der Waals surface area contributed by atoms with Crippen LogP contribution in [-0.4, -0.2) is 33.2 Å². The maximum Gasteiger partial charge on any atom is 0.341 e. The Morgan fingerprint density at radius 3 is 2.78 bits per heavy atom. The molecule has 1 fully saturated rings. The molecule has 32 heavy (non-hydrogen) atoms. The lowest BCUT2D eigenvalue weighted by atomic mass is 10.1. The van der Waals surface area contributed by atoms with E-state index in [2.05, 4.69) is 20.7 Å². The zero-order valence-corrected chi connectivity index (χ0v) is 18.8. The van der Waals surface area contributed by atoms with Crippen molar-refractivity contribution in [2.45, 2.75) is 46.1 Å². The van der Waals surface area contributed by atoms with Crippen molar-refractivity contribution in [3.05, 3.63) is 47.3 Å². The van der Waals surface area contributed by atoms with Crippen molar-refractivity contribution < 1.29 is 14.3 Å². The van der Waals surface area contributed by atoms with Crippen LogP contribution in [0.3, 0.4) is 0 Å². The lowest BCUT2D eigenvalue weighted by Crippen LogP contribution is -2.20. The molecule has 4 rings (SSSR count). The molecule has 0 saturated heterocycles. The monoisotopic (exact) mass is 435 g/mol. The van der Waals surface area contributed by atoms with E-state index in [4.69, 9.17) is 4.74 Å². The fraction of sp³-hybridized carbons (Fsp3) is 0.417. The Kier molecular flexibility index (Phi) is 6.39. The summed E-state index contributed by atoms with van der Waals surface area (Å²) in [7, 11) is 1.83. The van der Waals surface area contributed by atoms with E-state index in [-0.39, 0.29) is 18.4 Å². The molecule has 0 spiro atoms. The van der Waals surface area contributed by atoms with Crippen molar-refractivity contribution in [1.82, 2.24) is 14.8 Å². The molecule has 0 atom stereocenters. The molecule has 0 radical (unpaired) electrons. The molecule has 2 aromatic heterocycles. The first-order valence-corrected chi connectivity index (χ1v) is 11.1. The number of anilines is 2. The second-order valence-electron chi connectivity index (χ2n) is 8.20. The highest BCUT2D eigenvalue weighted by Crippen LogP contribution is 2.30. The van der Waals surface area contributed by atoms with Crippen molar-refractivity contribution in [1.29, 1.82) is 0 Å². The average molecular weight is 436 g/mol. The van der Waals surface area contributed by atoms with Gasteiger partial charge in [0.15, 0.2) is 5.65 Å². The van der Waals surface area contributed by atoms with Gasteiger partial charge in [0.25, 0.3) is 0 Å². The summed E-state index contributed by atoms with van der Waals surface area (Å²) < 4.78 is 6.93. The van der Waals surface area contributed by atoms with Crippen LogP contribution in [0.2, 0.25) is 0 Å². The van der Waals surface area contributed by atoms with Crippen LogP contribution in [0.5, 0.6) is 0 Å². The topological polar surface area (TPSA) is 98.1 Å². The number of aromatic nitrogens is 3. The number of nitrogens with one attached hydrogen (secondary N) is 2. The van der Waals surface area contributed by atoms with E-state index in [1.54, 1.807) is 11.6 Å². The van der Waals surface area contributed by atoms with Gasteiger partial charge in [0.1, 0.15) is 5.56 Å². The van der Waals surface area contributed by atoms with E-state index in [0.29, 0.717) is 23.4 Å². The van der Waals surface area contributed by atoms with Crippen molar-refractivity contribution in [3.63, 3.8) is 0 Å². The first kappa shape index (κ1) is 21.8. The molecule has 1 saturated carbocycles. The van der Waals surface area contributed by atoms with Gasteiger partial charge < -0.3 is 15.4 Å². The van der Waals surface area contributed by atoms with E-state index in [0.717, 1.165) is 48.0 Å². The minimum atomic E-state index is -0.426. The van der Waals surface area contributed by atoms with Crippen LogP contribution < -0.4 is 10.6 Å². The number of benzene rings is 1. The van der Waals surface area contributed by atoms with E-state index >= 15 is 0 Å². The smallest absolute Gasteiger partial charge is 0.341 e. The maximum atomic E-state index is 12.6. The summed E-state index contributed by atoms with van der Waals surface area (Å²) in [6.07, 6.45) is 5.71. The Labute approximate surface area is 187 Å². The first-order valence-electron chi connectivity index (χ1n) is 11.1. The molecule has 2 N–H and O–H groups in total. The zero-order chi connectivity index (χ0) is 22.7. The summed E-state index contributed by atoms with van der Waals surface area (Å²) in [6.45, 7) is 4.42. The van der Waals surface area contributed by atoms with E-state index in [1.807, 2.05) is 38.2 Å². The molecule has 2 heterocycles. The molecule has 0 aliphatic heterocycles. The normalized spacial score (nSPS) is 14.0. The van der Waals surface area contributed by atoms with Crippen LogP contribution in [0.25, 0.3) is 11.0 Å². The van der Waals surface area contributed by atoms with Crippen LogP contribution in [0.4, 0.5) is 11.4 Å². The Bertz CT molecular complexity index is 1150. The highest BCUT2D eigenvalue weighted by molar-refractivity contribution is 6.05. The quantitative estimate of drug-likeness (QED) is 0.540. The van der Waals surface area contributed by atoms with Crippen LogP contribution in [0.15, 0.2) is 30.5 Å². The van der Waals surface area contributed by atoms with Gasteiger partial charge in [0.05, 0.1) is 23.4 Å². The molecule has 8 heteroatoms. The first-order chi connectivity index (χ1) is 15.5. The summed E-state index contributed by atoms with van der Waals surface area (Å²) >= 11 is 0. The molecule has 1 aromatic carbocycles. The highest BCUT2D eigenvalue weighted by Gasteiger charge is 2.23. The minimum absolute atomic E-state index is 0.0963. The molecular weight excluding hydrogens is 406 g/mol. The summed E-state index contributed by atoms with van der Waals surface area (Å²) in [5, 5.41) is 11.7. The van der Waals surface area contributed by atoms with Gasteiger partial charge in [-0.3, -0.25) is 9.48 Å². The number of hydrogen-bond donors (Lipinski definition) is 2. The summed E-state index contributed by atoms with van der Waals surface area (Å²) in [6, 6.07) is 7.76. The molecule has 0 bridgehead atoms. The van der Waals surface area contributed by atoms with Crippen molar-refractivity contribution in [3.8, 4) is 0 Å². The minimum Gasteiger partial charge on any atom is -0.462 e. The number of nitrogens with zero attached hydrogens (tertiary/aromatic N) is 3. The Hall–Kier alpha value is -3.42. The molecule has 1 amide bonds. The number of amides is 1. The maximum absolute atomic E-state index is 12.6. The third kappa shape index (κ3) is 4.44. The van der Waals surface area contributed by atoms with Crippen LogP contribution in [0.1, 0.15) is 54.2 Å². The number of carbonyl (C=O) groups excluding carboxylic acids is 2. The lowest BCUT2D eigenvalue weighted by Gasteiger charge is -2.14. The number of esters is 1. The van der Waals surface area contributed by atoms with Crippen LogP contribution >= 0.6 is 0 Å². The Balaban J connectivity index is 1.58. The Morgan fingerprint density at radius 2 is 2.03 bits per heavy atom. The highest BCUT2D eigenvalue weighted by atomic mass is 16.5. The van der Waals surface area contributed by atoms with Crippen molar-refractivity contribution in [2.75, 3.05) is 17.2 Å². The number of hydrogen-bond acceptors (Lipinski definition) is 6. The van der Waals surface area contributed by atoms with E-state index in [9.17, 15) is 9.59 Å². The van der Waals surface area contributed by atoms with Gasteiger partial charge in [0.2, 0.25) is 5.91 Å². The van der Waals surface area contributed by atoms with Gasteiger partial charge in [-0.25, -0.2) is 9.78 Å². The van der Waals surface area contributed by atoms with Crippen LogP contribution in [-0.2, 0) is 23.1 Å². The number of rotatable bonds is 7. The third-order valence-electron chi connectivity index (χ3n) is 5.91. The number of carbonyl (C=O) groups is 2. The second-order valence-corrected chi connectivity index (χ2v) is 8.20. The molecule has 3 aromatic rings. The van der Waals surface area contributed by atoms with Crippen molar-refractivity contribution >= 4 is 34.3 Å². The van der Waals surface area contributed by atoms with Gasteiger partial charge >= 0.3 is 5.97 Å². The van der Waals surface area contributed by atoms with E-state index in [1.165, 1.54) is 6.20 Å². The molecular formula is C24H29N5O3. The fourth-order valence-corrected chi connectivity index (χ4v) is 4.34. The molecule has 1 aliphatic carbocycles. The molecule has 8 nitrogen and oxygen atoms in total. The van der Waals surface area contributed by atoms with E-state index < -0.39 is 5.97 Å². The van der Waals surface area contributed by atoms with Gasteiger partial charge in [-0.05, 0) is 44.4 Å². The molecule has 0 unspecified atom stereocenters. The Morgan fingerprint density at radius 1 is 1.25 bits per heavy atom. The SMILES string of the molecule is CCOC(=O)c1cnc2c(c(C)nn2C)c1NCc1cccc(NC(=O)C2CCCC2)c1. The number of aryl methyl sites for hydroxylation is 2. The summed E-state index contributed by atoms with van der Waals surface area (Å²) in [5.74, 6) is -0.216. The zero-order valence-electron chi connectivity index (χ0n) is 18.8. The number of pyridine rings is 1. The predicted molar refractivity (Wildman–Crippen MR) is 124 cm³/mol. The predicted octanol–water partition coefficient (Wildman–Crippen LogP) is 4.19. The largest absolute Gasteiger partial charge is 0.462 e. The number of ether oxygens (including phenoxy) is 1. The lowest BCUT2D eigenvalue weighted by molar-refractivity contribution is -0.119. The molecule has 1 aliphatic rings. The van der Waals surface area contributed by atoms with Gasteiger partial charge in [-0.2, -0.15) is 5.10 Å². The fourth-order valence-electron chi connectivity index (χ4n) is 4.34. The van der Waals surface area contributed by atoms with Crippen LogP contribution in [0, 0.1) is 12.8 Å². The average Bonchev–Trinajstić information content (AvgIpc) is 3.41. The summed E-state index contributed by atoms with van der Waals surface area (Å²) in [4.78, 5) is 29.5. The standard InChI is InChI=1S/C24H29N5O3/c1-4-32-24(31)19-14-26-22-20(15(2)28-29(22)3)21(19)25-13-16-8-7-11-18(12-16)27-23(30)17-9-5-6-10-17/h7-8,11-12,14,17H,4-6,9-10,13H2,1-3H3,(H,25,26)(H,27,30). The van der Waals surface area contributed by atoms with Crippen molar-refractivity contribution in [2.24, 2.45) is 13.0 Å². The second kappa shape index (κ2) is 9.38. The van der Waals surface area contributed by atoms with Gasteiger partial charge in [-0.1, -0.05) is 25.0 Å².